The number of benzene rings is 2. The summed E-state index contributed by atoms with van der Waals surface area (Å²) in [5, 5.41) is 59.2. The summed E-state index contributed by atoms with van der Waals surface area (Å²) in [6.07, 6.45) is -9.10. The Balaban J connectivity index is 1.95. The van der Waals surface area contributed by atoms with E-state index in [1.165, 1.54) is 18.2 Å². The molecule has 29 heavy (non-hydrogen) atoms. The minimum Gasteiger partial charge on any atom is -0.504 e. The van der Waals surface area contributed by atoms with E-state index in [-0.39, 0.29) is 5.56 Å². The Morgan fingerprint density at radius 3 is 2.31 bits per heavy atom. The Morgan fingerprint density at radius 1 is 0.966 bits per heavy atom. The second-order valence-corrected chi connectivity index (χ2v) is 6.66. The SMILES string of the molecule is O=C(c1cccc(O)c1O)C(OC1OC(CO)C(O)C(O)C1O)c1ccccc1. The molecule has 2 aromatic rings. The van der Waals surface area contributed by atoms with Gasteiger partial charge in [0.1, 0.15) is 30.5 Å². The molecule has 156 valence electrons. The van der Waals surface area contributed by atoms with Crippen molar-refractivity contribution in [3.63, 3.8) is 0 Å². The Labute approximate surface area is 166 Å². The van der Waals surface area contributed by atoms with E-state index < -0.39 is 60.7 Å². The first-order chi connectivity index (χ1) is 13.8. The number of hydrogen-bond acceptors (Lipinski definition) is 9. The average molecular weight is 406 g/mol. The Hall–Kier alpha value is -2.53. The molecule has 9 heteroatoms. The number of hydrogen-bond donors (Lipinski definition) is 6. The van der Waals surface area contributed by atoms with E-state index in [2.05, 4.69) is 0 Å². The fraction of sp³-hybridized carbons (Fsp3) is 0.350. The van der Waals surface area contributed by atoms with E-state index in [9.17, 15) is 35.4 Å². The van der Waals surface area contributed by atoms with Gasteiger partial charge in [0.05, 0.1) is 12.2 Å². The molecule has 0 aromatic heterocycles. The van der Waals surface area contributed by atoms with Crippen LogP contribution in [0.2, 0.25) is 0 Å². The summed E-state index contributed by atoms with van der Waals surface area (Å²) in [4.78, 5) is 13.1. The lowest BCUT2D eigenvalue weighted by atomic mass is 9.97. The van der Waals surface area contributed by atoms with Crippen LogP contribution < -0.4 is 0 Å². The molecule has 0 radical (unpaired) electrons. The molecule has 0 aliphatic carbocycles. The maximum atomic E-state index is 13.1. The lowest BCUT2D eigenvalue weighted by Gasteiger charge is -2.40. The van der Waals surface area contributed by atoms with Crippen LogP contribution in [0.3, 0.4) is 0 Å². The van der Waals surface area contributed by atoms with Gasteiger partial charge in [0.2, 0.25) is 0 Å². The van der Waals surface area contributed by atoms with Gasteiger partial charge >= 0.3 is 0 Å². The molecule has 3 rings (SSSR count). The highest BCUT2D eigenvalue weighted by Crippen LogP contribution is 2.35. The van der Waals surface area contributed by atoms with Crippen molar-refractivity contribution in [3.05, 3.63) is 59.7 Å². The normalized spacial score (nSPS) is 28.1. The molecule has 1 aliphatic heterocycles. The zero-order chi connectivity index (χ0) is 21.1. The maximum Gasteiger partial charge on any atom is 0.200 e. The number of aliphatic hydroxyl groups excluding tert-OH is 4. The largest absolute Gasteiger partial charge is 0.504 e. The summed E-state index contributed by atoms with van der Waals surface area (Å²) in [7, 11) is 0. The van der Waals surface area contributed by atoms with Crippen LogP contribution in [0.1, 0.15) is 22.0 Å². The third-order valence-electron chi connectivity index (χ3n) is 4.74. The summed E-state index contributed by atoms with van der Waals surface area (Å²) in [5.41, 5.74) is 0.139. The van der Waals surface area contributed by atoms with Gasteiger partial charge < -0.3 is 40.1 Å². The maximum absolute atomic E-state index is 13.1. The molecule has 2 aromatic carbocycles. The van der Waals surface area contributed by atoms with Gasteiger partial charge in [0, 0.05) is 0 Å². The predicted octanol–water partition coefficient (Wildman–Crippen LogP) is -0.162. The van der Waals surface area contributed by atoms with Crippen LogP contribution in [0.4, 0.5) is 0 Å². The third kappa shape index (κ3) is 4.25. The van der Waals surface area contributed by atoms with Gasteiger partial charge in [-0.15, -0.1) is 0 Å². The zero-order valence-corrected chi connectivity index (χ0v) is 15.2. The van der Waals surface area contributed by atoms with Gasteiger partial charge in [0.25, 0.3) is 0 Å². The van der Waals surface area contributed by atoms with Crippen LogP contribution in [0.25, 0.3) is 0 Å². The van der Waals surface area contributed by atoms with E-state index >= 15 is 0 Å². The first-order valence-corrected chi connectivity index (χ1v) is 8.91. The molecular formula is C20H22O9. The summed E-state index contributed by atoms with van der Waals surface area (Å²) < 4.78 is 11.0. The van der Waals surface area contributed by atoms with E-state index in [1.54, 1.807) is 30.3 Å². The molecule has 0 amide bonds. The lowest BCUT2D eigenvalue weighted by Crippen LogP contribution is -2.59. The average Bonchev–Trinajstić information content (AvgIpc) is 2.74. The fourth-order valence-electron chi connectivity index (χ4n) is 3.10. The predicted molar refractivity (Wildman–Crippen MR) is 98.1 cm³/mol. The van der Waals surface area contributed by atoms with Crippen LogP contribution in [0.15, 0.2) is 48.5 Å². The minimum absolute atomic E-state index is 0.219. The van der Waals surface area contributed by atoms with Gasteiger partial charge in [-0.1, -0.05) is 36.4 Å². The molecule has 1 fully saturated rings. The van der Waals surface area contributed by atoms with Gasteiger partial charge in [-0.2, -0.15) is 0 Å². The van der Waals surface area contributed by atoms with Gasteiger partial charge in [0.15, 0.2) is 23.6 Å². The molecule has 6 atom stereocenters. The number of para-hydroxylation sites is 1. The number of ether oxygens (including phenoxy) is 2. The molecule has 1 aliphatic rings. The van der Waals surface area contributed by atoms with Gasteiger partial charge in [-0.05, 0) is 17.7 Å². The van der Waals surface area contributed by atoms with Crippen LogP contribution in [-0.2, 0) is 9.47 Å². The number of carbonyl (C=O) groups excluding carboxylic acids is 1. The van der Waals surface area contributed by atoms with Gasteiger partial charge in [-0.3, -0.25) is 4.79 Å². The van der Waals surface area contributed by atoms with Crippen LogP contribution >= 0.6 is 0 Å². The lowest BCUT2D eigenvalue weighted by molar-refractivity contribution is -0.307. The van der Waals surface area contributed by atoms with E-state index in [4.69, 9.17) is 9.47 Å². The minimum atomic E-state index is -1.70. The highest BCUT2D eigenvalue weighted by atomic mass is 16.7. The highest BCUT2D eigenvalue weighted by Gasteiger charge is 2.45. The number of aliphatic hydroxyl groups is 4. The Bertz CT molecular complexity index is 839. The highest BCUT2D eigenvalue weighted by molar-refractivity contribution is 6.02. The fourth-order valence-corrected chi connectivity index (χ4v) is 3.10. The first kappa shape index (κ1) is 21.2. The molecule has 1 heterocycles. The molecule has 9 nitrogen and oxygen atoms in total. The van der Waals surface area contributed by atoms with Crippen molar-refractivity contribution in [2.45, 2.75) is 36.8 Å². The molecule has 6 unspecified atom stereocenters. The number of Topliss-reactive ketones (excluding diaryl/α,β-unsaturated/α-hetero) is 1. The van der Waals surface area contributed by atoms with E-state index in [0.717, 1.165) is 0 Å². The van der Waals surface area contributed by atoms with E-state index in [1.807, 2.05) is 0 Å². The van der Waals surface area contributed by atoms with Crippen LogP contribution in [-0.4, -0.2) is 73.7 Å². The topological polar surface area (TPSA) is 157 Å². The third-order valence-corrected chi connectivity index (χ3v) is 4.74. The second-order valence-electron chi connectivity index (χ2n) is 6.66. The number of ketones is 1. The van der Waals surface area contributed by atoms with Gasteiger partial charge in [-0.25, -0.2) is 0 Å². The summed E-state index contributed by atoms with van der Waals surface area (Å²) in [6, 6.07) is 12.0. The first-order valence-electron chi connectivity index (χ1n) is 8.91. The van der Waals surface area contributed by atoms with Crippen LogP contribution in [0, 0.1) is 0 Å². The molecular weight excluding hydrogens is 384 g/mol. The smallest absolute Gasteiger partial charge is 0.200 e. The second kappa shape index (κ2) is 8.87. The van der Waals surface area contributed by atoms with Crippen molar-refractivity contribution in [1.29, 1.82) is 0 Å². The van der Waals surface area contributed by atoms with E-state index in [0.29, 0.717) is 5.56 Å². The molecule has 6 N–H and O–H groups in total. The molecule has 0 bridgehead atoms. The van der Waals surface area contributed by atoms with Crippen LogP contribution in [0.5, 0.6) is 11.5 Å². The van der Waals surface area contributed by atoms with Crippen molar-refractivity contribution in [1.82, 2.24) is 0 Å². The standard InChI is InChI=1S/C20H22O9/c21-9-13-16(25)17(26)18(27)20(28-13)29-19(10-5-2-1-3-6-10)15(24)11-7-4-8-12(22)14(11)23/h1-8,13,16-23,25-27H,9H2. The number of carbonyl (C=O) groups is 1. The number of rotatable bonds is 6. The number of aromatic hydroxyl groups is 2. The van der Waals surface area contributed by atoms with Crippen molar-refractivity contribution in [2.24, 2.45) is 0 Å². The summed E-state index contributed by atoms with van der Waals surface area (Å²) in [6.45, 7) is -0.651. The molecule has 0 spiro atoms. The van der Waals surface area contributed by atoms with Crippen molar-refractivity contribution in [2.75, 3.05) is 6.61 Å². The van der Waals surface area contributed by atoms with Crippen molar-refractivity contribution < 1.29 is 44.9 Å². The molecule has 0 saturated carbocycles. The number of phenols is 2. The van der Waals surface area contributed by atoms with Crippen molar-refractivity contribution in [3.8, 4) is 11.5 Å². The number of phenolic OH excluding ortho intramolecular Hbond substituents is 2. The monoisotopic (exact) mass is 406 g/mol. The Morgan fingerprint density at radius 2 is 1.66 bits per heavy atom. The van der Waals surface area contributed by atoms with Crippen molar-refractivity contribution >= 4 is 5.78 Å². The molecule has 1 saturated heterocycles. The zero-order valence-electron chi connectivity index (χ0n) is 15.2. The summed E-state index contributed by atoms with van der Waals surface area (Å²) in [5.74, 6) is -1.85. The Kier molecular flexibility index (Phi) is 6.48. The summed E-state index contributed by atoms with van der Waals surface area (Å²) >= 11 is 0. The quantitative estimate of drug-likeness (QED) is 0.283.